The average Bonchev–Trinajstić information content (AvgIpc) is 3.72. The molecule has 6 rings (SSSR count). The zero-order chi connectivity index (χ0) is 29.3. The number of piperidine rings is 1. The summed E-state index contributed by atoms with van der Waals surface area (Å²) in [7, 11) is -3.24. The summed E-state index contributed by atoms with van der Waals surface area (Å²) < 4.78 is 29.4. The lowest BCUT2D eigenvalue weighted by atomic mass is 9.76. The fourth-order valence-corrected chi connectivity index (χ4v) is 8.20. The Morgan fingerprint density at radius 1 is 0.929 bits per heavy atom. The van der Waals surface area contributed by atoms with E-state index < -0.39 is 9.84 Å². The number of ether oxygens (including phenoxy) is 1. The molecule has 42 heavy (non-hydrogen) atoms. The number of sulfone groups is 1. The molecule has 1 saturated carbocycles. The molecule has 1 spiro atoms. The Labute approximate surface area is 249 Å². The van der Waals surface area contributed by atoms with Crippen molar-refractivity contribution in [2.45, 2.75) is 68.4 Å². The molecule has 0 radical (unpaired) electrons. The number of amides is 2. The predicted octanol–water partition coefficient (Wildman–Crippen LogP) is 4.70. The van der Waals surface area contributed by atoms with Crippen LogP contribution < -0.4 is 0 Å². The fraction of sp³-hybridized carbons (Fsp3) is 0.576. The molecule has 0 bridgehead atoms. The second-order valence-corrected chi connectivity index (χ2v) is 15.0. The van der Waals surface area contributed by atoms with Crippen LogP contribution in [0.3, 0.4) is 0 Å². The van der Waals surface area contributed by atoms with Crippen molar-refractivity contribution in [3.05, 3.63) is 65.7 Å². The van der Waals surface area contributed by atoms with E-state index in [1.54, 1.807) is 12.1 Å². The van der Waals surface area contributed by atoms with Crippen molar-refractivity contribution in [3.63, 3.8) is 0 Å². The molecule has 4 aliphatic rings. The van der Waals surface area contributed by atoms with Crippen molar-refractivity contribution in [3.8, 4) is 0 Å². The van der Waals surface area contributed by atoms with Crippen LogP contribution >= 0.6 is 0 Å². The van der Waals surface area contributed by atoms with Crippen molar-refractivity contribution in [2.75, 3.05) is 45.5 Å². The number of rotatable bonds is 7. The monoisotopic (exact) mass is 593 g/mol. The highest BCUT2D eigenvalue weighted by molar-refractivity contribution is 7.90. The van der Waals surface area contributed by atoms with Crippen LogP contribution in [-0.2, 0) is 25.9 Å². The van der Waals surface area contributed by atoms with Gasteiger partial charge in [0.15, 0.2) is 9.84 Å². The van der Waals surface area contributed by atoms with Gasteiger partial charge in [-0.05, 0) is 87.2 Å². The third-order valence-corrected chi connectivity index (χ3v) is 11.3. The van der Waals surface area contributed by atoms with E-state index in [4.69, 9.17) is 4.74 Å². The molecule has 0 unspecified atom stereocenters. The van der Waals surface area contributed by atoms with Crippen LogP contribution in [0.15, 0.2) is 59.5 Å². The lowest BCUT2D eigenvalue weighted by molar-refractivity contribution is -0.139. The fourth-order valence-electron chi connectivity index (χ4n) is 7.57. The number of nitrogens with zero attached hydrogens (tertiary/aromatic N) is 3. The van der Waals surface area contributed by atoms with Gasteiger partial charge in [-0.25, -0.2) is 13.2 Å². The van der Waals surface area contributed by atoms with E-state index in [1.165, 1.54) is 11.8 Å². The smallest absolute Gasteiger partial charge is 0.410 e. The Kier molecular flexibility index (Phi) is 8.33. The summed E-state index contributed by atoms with van der Waals surface area (Å²) >= 11 is 0. The topological polar surface area (TPSA) is 87.2 Å². The molecule has 8 nitrogen and oxygen atoms in total. The summed E-state index contributed by atoms with van der Waals surface area (Å²) in [5.41, 5.74) is 1.93. The molecule has 226 valence electrons. The van der Waals surface area contributed by atoms with Crippen LogP contribution in [0.1, 0.15) is 62.0 Å². The summed E-state index contributed by atoms with van der Waals surface area (Å²) in [6.07, 6.45) is 7.93. The predicted molar refractivity (Wildman–Crippen MR) is 161 cm³/mol. The highest BCUT2D eigenvalue weighted by Gasteiger charge is 2.48. The molecule has 0 N–H and O–H groups in total. The minimum Gasteiger partial charge on any atom is -0.446 e. The van der Waals surface area contributed by atoms with Gasteiger partial charge in [-0.3, -0.25) is 4.79 Å². The first-order valence-corrected chi connectivity index (χ1v) is 17.4. The van der Waals surface area contributed by atoms with Gasteiger partial charge in [0.1, 0.15) is 6.10 Å². The molecule has 3 aliphatic heterocycles. The Morgan fingerprint density at radius 2 is 1.60 bits per heavy atom. The largest absolute Gasteiger partial charge is 0.446 e. The summed E-state index contributed by atoms with van der Waals surface area (Å²) in [6.45, 7) is 5.33. The van der Waals surface area contributed by atoms with Crippen molar-refractivity contribution >= 4 is 21.8 Å². The Balaban J connectivity index is 1.06. The van der Waals surface area contributed by atoms with E-state index in [-0.39, 0.29) is 29.4 Å². The van der Waals surface area contributed by atoms with Gasteiger partial charge >= 0.3 is 6.09 Å². The van der Waals surface area contributed by atoms with E-state index in [1.807, 2.05) is 28.0 Å². The van der Waals surface area contributed by atoms with E-state index in [0.717, 1.165) is 76.7 Å². The van der Waals surface area contributed by atoms with Gasteiger partial charge in [0.25, 0.3) is 0 Å². The van der Waals surface area contributed by atoms with Crippen molar-refractivity contribution in [1.82, 2.24) is 14.7 Å². The minimum absolute atomic E-state index is 0.0698. The van der Waals surface area contributed by atoms with Crippen LogP contribution in [0.4, 0.5) is 4.79 Å². The molecule has 1 aliphatic carbocycles. The summed E-state index contributed by atoms with van der Waals surface area (Å²) in [5, 5.41) is 0. The van der Waals surface area contributed by atoms with Gasteiger partial charge in [-0.2, -0.15) is 0 Å². The number of carbonyl (C=O) groups is 2. The van der Waals surface area contributed by atoms with Crippen LogP contribution in [-0.4, -0.2) is 86.7 Å². The minimum atomic E-state index is -3.24. The molecule has 3 heterocycles. The third kappa shape index (κ3) is 6.23. The second-order valence-electron chi connectivity index (χ2n) is 12.9. The Hall–Kier alpha value is -2.91. The van der Waals surface area contributed by atoms with E-state index >= 15 is 0 Å². The zero-order valence-electron chi connectivity index (χ0n) is 24.6. The Bertz CT molecular complexity index is 1370. The molecular weight excluding hydrogens is 550 g/mol. The van der Waals surface area contributed by atoms with Crippen molar-refractivity contribution in [2.24, 2.45) is 11.3 Å². The van der Waals surface area contributed by atoms with E-state index in [9.17, 15) is 18.0 Å². The van der Waals surface area contributed by atoms with Gasteiger partial charge in [-0.15, -0.1) is 0 Å². The summed E-state index contributed by atoms with van der Waals surface area (Å²) in [4.78, 5) is 33.3. The summed E-state index contributed by atoms with van der Waals surface area (Å²) in [6, 6.07) is 17.4. The van der Waals surface area contributed by atoms with E-state index in [2.05, 4.69) is 29.2 Å². The molecule has 4 fully saturated rings. The maximum absolute atomic E-state index is 13.6. The molecule has 9 heteroatoms. The molecule has 2 aromatic rings. The van der Waals surface area contributed by atoms with Gasteiger partial charge < -0.3 is 19.4 Å². The number of likely N-dealkylation sites (tertiary alicyclic amines) is 3. The Morgan fingerprint density at radius 3 is 2.26 bits per heavy atom. The normalized spacial score (nSPS) is 25.0. The highest BCUT2D eigenvalue weighted by Crippen LogP contribution is 2.43. The van der Waals surface area contributed by atoms with E-state index in [0.29, 0.717) is 30.4 Å². The maximum Gasteiger partial charge on any atom is 0.410 e. The first-order chi connectivity index (χ1) is 20.2. The van der Waals surface area contributed by atoms with Gasteiger partial charge in [0, 0.05) is 44.9 Å². The average molecular weight is 594 g/mol. The summed E-state index contributed by atoms with van der Waals surface area (Å²) in [5.74, 6) is 0.831. The second kappa shape index (κ2) is 12.0. The SMILES string of the molecule is CS(=O)(=O)c1ccc(CN2CCC3(CCN(C[C@H]4CN(C(=O)OC5CCCC5)C[C@@H]4c4ccccc4)CC3)C2=O)cc1. The van der Waals surface area contributed by atoms with Gasteiger partial charge in [0.2, 0.25) is 5.91 Å². The molecule has 0 aromatic heterocycles. The first-order valence-electron chi connectivity index (χ1n) is 15.5. The molecule has 3 saturated heterocycles. The van der Waals surface area contributed by atoms with Crippen LogP contribution in [0, 0.1) is 11.3 Å². The zero-order valence-corrected chi connectivity index (χ0v) is 25.4. The number of benzene rings is 2. The first kappa shape index (κ1) is 29.2. The number of hydrogen-bond donors (Lipinski definition) is 0. The lowest BCUT2D eigenvalue weighted by Crippen LogP contribution is -2.46. The van der Waals surface area contributed by atoms with Crippen molar-refractivity contribution in [1.29, 1.82) is 0 Å². The van der Waals surface area contributed by atoms with Crippen molar-refractivity contribution < 1.29 is 22.7 Å². The maximum atomic E-state index is 13.6. The van der Waals surface area contributed by atoms with Crippen LogP contribution in [0.5, 0.6) is 0 Å². The molecule has 2 aromatic carbocycles. The number of carbonyl (C=O) groups excluding carboxylic acids is 2. The molecule has 2 atom stereocenters. The molecule has 2 amide bonds. The standard InChI is InChI=1S/C33H43N3O5S/c1-42(39,40)29-13-11-25(12-14-29)21-35-20-17-33(31(35)37)15-18-34(19-16-33)22-27-23-36(32(38)41-28-9-5-6-10-28)24-30(27)26-7-3-2-4-8-26/h2-4,7-8,11-14,27-28,30H,5-6,9-10,15-24H2,1H3/t27-,30+/m0/s1. The lowest BCUT2D eigenvalue weighted by Gasteiger charge is -2.39. The third-order valence-electron chi connectivity index (χ3n) is 10.1. The van der Waals surface area contributed by atoms with Crippen LogP contribution in [0.25, 0.3) is 0 Å². The van der Waals surface area contributed by atoms with Gasteiger partial charge in [0.05, 0.1) is 10.3 Å². The van der Waals surface area contributed by atoms with Crippen LogP contribution in [0.2, 0.25) is 0 Å². The van der Waals surface area contributed by atoms with Gasteiger partial charge in [-0.1, -0.05) is 42.5 Å². The molecular formula is C33H43N3O5S. The number of hydrogen-bond acceptors (Lipinski definition) is 6. The highest BCUT2D eigenvalue weighted by atomic mass is 32.2. The quantitative estimate of drug-likeness (QED) is 0.463.